The van der Waals surface area contributed by atoms with Crippen LogP contribution >= 0.6 is 11.6 Å². The quantitative estimate of drug-likeness (QED) is 0.606. The Morgan fingerprint density at radius 1 is 1.57 bits per heavy atom. The number of carboxylic acid groups (broad SMARTS) is 1. The molecule has 0 aliphatic heterocycles. The summed E-state index contributed by atoms with van der Waals surface area (Å²) in [5, 5.41) is 19.0. The van der Waals surface area contributed by atoms with E-state index < -0.39 is 10.9 Å². The molecule has 0 bridgehead atoms. The summed E-state index contributed by atoms with van der Waals surface area (Å²) in [6.45, 7) is 1.44. The van der Waals surface area contributed by atoms with Gasteiger partial charge in [-0.25, -0.2) is 4.79 Å². The first-order valence-electron chi connectivity index (χ1n) is 3.61. The average molecular weight is 216 g/mol. The van der Waals surface area contributed by atoms with Gasteiger partial charge in [0.05, 0.1) is 10.5 Å². The molecule has 0 radical (unpaired) electrons. The standard InChI is InChI=1S/C8H6ClNO4/c1-4-2-5(8(11)12)3-6(9)7(4)10(13)14/h2-3H,1H3,(H,11,12). The molecule has 14 heavy (non-hydrogen) atoms. The van der Waals surface area contributed by atoms with E-state index in [1.54, 1.807) is 0 Å². The summed E-state index contributed by atoms with van der Waals surface area (Å²) in [6, 6.07) is 2.28. The van der Waals surface area contributed by atoms with Crippen LogP contribution in [0.25, 0.3) is 0 Å². The van der Waals surface area contributed by atoms with Crippen LogP contribution in [0, 0.1) is 17.0 Å². The number of hydrogen-bond donors (Lipinski definition) is 1. The monoisotopic (exact) mass is 215 g/mol. The zero-order valence-corrected chi connectivity index (χ0v) is 7.91. The highest BCUT2D eigenvalue weighted by Gasteiger charge is 2.18. The summed E-state index contributed by atoms with van der Waals surface area (Å²) >= 11 is 5.57. The van der Waals surface area contributed by atoms with Gasteiger partial charge >= 0.3 is 5.97 Å². The van der Waals surface area contributed by atoms with Gasteiger partial charge in [0.15, 0.2) is 0 Å². The fourth-order valence-electron chi connectivity index (χ4n) is 1.09. The van der Waals surface area contributed by atoms with E-state index in [9.17, 15) is 14.9 Å². The Labute approximate surface area is 84.1 Å². The van der Waals surface area contributed by atoms with Gasteiger partial charge in [-0.05, 0) is 19.1 Å². The highest BCUT2D eigenvalue weighted by molar-refractivity contribution is 6.33. The summed E-state index contributed by atoms with van der Waals surface area (Å²) in [5.74, 6) is -1.16. The molecule has 0 heterocycles. The van der Waals surface area contributed by atoms with Crippen molar-refractivity contribution in [2.75, 3.05) is 0 Å². The third kappa shape index (κ3) is 1.82. The highest BCUT2D eigenvalue weighted by Crippen LogP contribution is 2.29. The highest BCUT2D eigenvalue weighted by atomic mass is 35.5. The lowest BCUT2D eigenvalue weighted by Crippen LogP contribution is -2.00. The lowest BCUT2D eigenvalue weighted by atomic mass is 10.1. The lowest BCUT2D eigenvalue weighted by Gasteiger charge is -2.01. The predicted octanol–water partition coefficient (Wildman–Crippen LogP) is 2.25. The first kappa shape index (κ1) is 10.5. The van der Waals surface area contributed by atoms with Gasteiger partial charge in [0.2, 0.25) is 0 Å². The van der Waals surface area contributed by atoms with Crippen molar-refractivity contribution in [1.29, 1.82) is 0 Å². The smallest absolute Gasteiger partial charge is 0.335 e. The van der Waals surface area contributed by atoms with Crippen molar-refractivity contribution in [1.82, 2.24) is 0 Å². The molecule has 1 aromatic rings. The van der Waals surface area contributed by atoms with Crippen molar-refractivity contribution in [2.24, 2.45) is 0 Å². The minimum Gasteiger partial charge on any atom is -0.478 e. The number of hydrogen-bond acceptors (Lipinski definition) is 3. The Morgan fingerprint density at radius 3 is 2.50 bits per heavy atom. The normalized spacial score (nSPS) is 9.86. The van der Waals surface area contributed by atoms with Crippen LogP contribution in [-0.4, -0.2) is 16.0 Å². The molecule has 0 aromatic heterocycles. The maximum Gasteiger partial charge on any atom is 0.335 e. The fourth-order valence-corrected chi connectivity index (χ4v) is 1.43. The van der Waals surface area contributed by atoms with Gasteiger partial charge in [-0.3, -0.25) is 10.1 Å². The minimum atomic E-state index is -1.16. The van der Waals surface area contributed by atoms with Crippen LogP contribution in [-0.2, 0) is 0 Å². The van der Waals surface area contributed by atoms with E-state index in [0.717, 1.165) is 6.07 Å². The molecule has 0 aliphatic carbocycles. The first-order valence-corrected chi connectivity index (χ1v) is 3.99. The van der Waals surface area contributed by atoms with E-state index in [1.165, 1.54) is 13.0 Å². The molecular formula is C8H6ClNO4. The number of halogens is 1. The third-order valence-electron chi connectivity index (χ3n) is 1.68. The largest absolute Gasteiger partial charge is 0.478 e. The SMILES string of the molecule is Cc1cc(C(=O)O)cc(Cl)c1[N+](=O)[O-]. The maximum absolute atomic E-state index is 10.6. The molecule has 0 saturated carbocycles. The Morgan fingerprint density at radius 2 is 2.14 bits per heavy atom. The second-order valence-electron chi connectivity index (χ2n) is 2.69. The summed E-state index contributed by atoms with van der Waals surface area (Å²) in [7, 11) is 0. The molecular weight excluding hydrogens is 210 g/mol. The van der Waals surface area contributed by atoms with Crippen molar-refractivity contribution < 1.29 is 14.8 Å². The molecule has 5 nitrogen and oxygen atoms in total. The van der Waals surface area contributed by atoms with E-state index in [-0.39, 0.29) is 21.8 Å². The van der Waals surface area contributed by atoms with Crippen LogP contribution in [0.2, 0.25) is 5.02 Å². The van der Waals surface area contributed by atoms with E-state index in [4.69, 9.17) is 16.7 Å². The molecule has 0 aliphatic rings. The third-order valence-corrected chi connectivity index (χ3v) is 1.97. The molecule has 0 spiro atoms. The van der Waals surface area contributed by atoms with Crippen molar-refractivity contribution in [3.8, 4) is 0 Å². The van der Waals surface area contributed by atoms with Crippen LogP contribution in [0.1, 0.15) is 15.9 Å². The summed E-state index contributed by atoms with van der Waals surface area (Å²) < 4.78 is 0. The molecule has 1 N–H and O–H groups in total. The zero-order valence-electron chi connectivity index (χ0n) is 7.15. The van der Waals surface area contributed by atoms with E-state index in [2.05, 4.69) is 0 Å². The van der Waals surface area contributed by atoms with E-state index in [0.29, 0.717) is 0 Å². The number of carbonyl (C=O) groups is 1. The Kier molecular flexibility index (Phi) is 2.71. The number of nitrogens with zero attached hydrogens (tertiary/aromatic N) is 1. The first-order chi connectivity index (χ1) is 6.43. The van der Waals surface area contributed by atoms with Gasteiger partial charge in [0.25, 0.3) is 5.69 Å². The topological polar surface area (TPSA) is 80.4 Å². The molecule has 0 fully saturated rings. The van der Waals surface area contributed by atoms with Crippen LogP contribution in [0.4, 0.5) is 5.69 Å². The number of carboxylic acids is 1. The number of benzene rings is 1. The Bertz CT molecular complexity index is 393. The molecule has 1 aromatic carbocycles. The molecule has 0 unspecified atom stereocenters. The Balaban J connectivity index is 3.39. The van der Waals surface area contributed by atoms with Gasteiger partial charge in [-0.15, -0.1) is 0 Å². The van der Waals surface area contributed by atoms with Crippen molar-refractivity contribution in [2.45, 2.75) is 6.92 Å². The number of aromatic carboxylic acids is 1. The average Bonchev–Trinajstić information content (AvgIpc) is 2.01. The number of nitro benzene ring substituents is 1. The van der Waals surface area contributed by atoms with Gasteiger partial charge in [-0.2, -0.15) is 0 Å². The van der Waals surface area contributed by atoms with Crippen LogP contribution in [0.15, 0.2) is 12.1 Å². The van der Waals surface area contributed by atoms with Crippen molar-refractivity contribution in [3.05, 3.63) is 38.4 Å². The van der Waals surface area contributed by atoms with Crippen LogP contribution in [0.5, 0.6) is 0 Å². The number of rotatable bonds is 2. The Hall–Kier alpha value is -1.62. The molecule has 0 amide bonds. The van der Waals surface area contributed by atoms with Gasteiger partial charge in [-0.1, -0.05) is 11.6 Å². The van der Waals surface area contributed by atoms with Gasteiger partial charge < -0.3 is 5.11 Å². The van der Waals surface area contributed by atoms with Crippen molar-refractivity contribution in [3.63, 3.8) is 0 Å². The summed E-state index contributed by atoms with van der Waals surface area (Å²) in [5.41, 5.74) is -0.0744. The fraction of sp³-hybridized carbons (Fsp3) is 0.125. The van der Waals surface area contributed by atoms with Gasteiger partial charge in [0, 0.05) is 5.56 Å². The van der Waals surface area contributed by atoms with E-state index >= 15 is 0 Å². The zero-order chi connectivity index (χ0) is 10.9. The summed E-state index contributed by atoms with van der Waals surface area (Å²) in [6.07, 6.45) is 0. The van der Waals surface area contributed by atoms with E-state index in [1.807, 2.05) is 0 Å². The lowest BCUT2D eigenvalue weighted by molar-refractivity contribution is -0.385. The van der Waals surface area contributed by atoms with Crippen LogP contribution < -0.4 is 0 Å². The molecule has 0 saturated heterocycles. The second kappa shape index (κ2) is 3.63. The second-order valence-corrected chi connectivity index (χ2v) is 3.09. The number of aryl methyl sites for hydroxylation is 1. The molecule has 6 heteroatoms. The maximum atomic E-state index is 10.6. The summed E-state index contributed by atoms with van der Waals surface area (Å²) in [4.78, 5) is 20.4. The molecule has 1 rings (SSSR count). The minimum absolute atomic E-state index is 0.0573. The number of nitro groups is 1. The van der Waals surface area contributed by atoms with Crippen molar-refractivity contribution >= 4 is 23.3 Å². The molecule has 74 valence electrons. The van der Waals surface area contributed by atoms with Gasteiger partial charge in [0.1, 0.15) is 5.02 Å². The molecule has 0 atom stereocenters. The van der Waals surface area contributed by atoms with Crippen LogP contribution in [0.3, 0.4) is 0 Å². The predicted molar refractivity (Wildman–Crippen MR) is 49.8 cm³/mol.